The maximum absolute atomic E-state index is 11.3. The third-order valence-electron chi connectivity index (χ3n) is 3.78. The number of fused-ring (bicyclic) bond motifs is 1. The normalized spacial score (nSPS) is 15.8. The van der Waals surface area contributed by atoms with Crippen molar-refractivity contribution >= 4 is 28.7 Å². The number of nitrogens with zero attached hydrogens (tertiary/aromatic N) is 2. The molecule has 1 aliphatic carbocycles. The molecular formula is C14H18N4O2. The van der Waals surface area contributed by atoms with E-state index in [1.54, 1.807) is 6.07 Å². The van der Waals surface area contributed by atoms with Crippen LogP contribution in [0.5, 0.6) is 0 Å². The highest BCUT2D eigenvalue weighted by atomic mass is 16.4. The zero-order valence-electron chi connectivity index (χ0n) is 11.2. The average Bonchev–Trinajstić information content (AvgIpc) is 3.05. The molecule has 0 bridgehead atoms. The number of amides is 1. The molecule has 6 heteroatoms. The van der Waals surface area contributed by atoms with E-state index in [9.17, 15) is 4.79 Å². The van der Waals surface area contributed by atoms with Gasteiger partial charge in [-0.1, -0.05) is 18.9 Å². The lowest BCUT2D eigenvalue weighted by molar-refractivity contribution is -0.116. The summed E-state index contributed by atoms with van der Waals surface area (Å²) >= 11 is 0. The van der Waals surface area contributed by atoms with Crippen molar-refractivity contribution in [1.82, 2.24) is 4.98 Å². The molecule has 1 heterocycles. The predicted molar refractivity (Wildman–Crippen MR) is 77.2 cm³/mol. The fourth-order valence-electron chi connectivity index (χ4n) is 2.82. The van der Waals surface area contributed by atoms with Crippen molar-refractivity contribution in [2.45, 2.75) is 31.7 Å². The fourth-order valence-corrected chi connectivity index (χ4v) is 2.82. The van der Waals surface area contributed by atoms with Gasteiger partial charge in [0.05, 0.1) is 5.69 Å². The van der Waals surface area contributed by atoms with E-state index in [1.165, 1.54) is 0 Å². The van der Waals surface area contributed by atoms with Crippen molar-refractivity contribution < 1.29 is 9.21 Å². The Bertz CT molecular complexity index is 631. The number of carbonyl (C=O) groups is 1. The first kappa shape index (κ1) is 12.8. The van der Waals surface area contributed by atoms with Crippen LogP contribution in [0.3, 0.4) is 0 Å². The van der Waals surface area contributed by atoms with E-state index in [1.807, 2.05) is 17.0 Å². The summed E-state index contributed by atoms with van der Waals surface area (Å²) in [5.41, 5.74) is 13.1. The second-order valence-electron chi connectivity index (χ2n) is 5.22. The van der Waals surface area contributed by atoms with Crippen LogP contribution in [0.2, 0.25) is 0 Å². The second-order valence-corrected chi connectivity index (χ2v) is 5.22. The predicted octanol–water partition coefficient (Wildman–Crippen LogP) is 1.64. The second kappa shape index (κ2) is 5.03. The van der Waals surface area contributed by atoms with Crippen molar-refractivity contribution in [2.24, 2.45) is 5.73 Å². The average molecular weight is 274 g/mol. The van der Waals surface area contributed by atoms with Crippen molar-refractivity contribution in [1.29, 1.82) is 0 Å². The van der Waals surface area contributed by atoms with Gasteiger partial charge in [0.25, 0.3) is 6.01 Å². The molecule has 1 saturated carbocycles. The molecule has 1 aliphatic rings. The highest BCUT2D eigenvalue weighted by molar-refractivity contribution is 5.87. The van der Waals surface area contributed by atoms with Crippen LogP contribution in [0.4, 0.5) is 11.7 Å². The molecule has 0 atom stereocenters. The highest BCUT2D eigenvalue weighted by Gasteiger charge is 2.27. The lowest BCUT2D eigenvalue weighted by Gasteiger charge is -2.25. The van der Waals surface area contributed by atoms with E-state index in [0.717, 1.165) is 25.7 Å². The molecule has 3 rings (SSSR count). The Kier molecular flexibility index (Phi) is 3.22. The molecule has 1 aromatic heterocycles. The number of para-hydroxylation sites is 1. The van der Waals surface area contributed by atoms with E-state index in [0.29, 0.717) is 22.8 Å². The number of aromatic nitrogens is 1. The summed E-state index contributed by atoms with van der Waals surface area (Å²) in [6.07, 6.45) is 4.37. The lowest BCUT2D eigenvalue weighted by atomic mass is 10.2. The fraction of sp³-hybridized carbons (Fsp3) is 0.429. The number of benzene rings is 1. The molecule has 0 unspecified atom stereocenters. The van der Waals surface area contributed by atoms with Gasteiger partial charge in [0.15, 0.2) is 5.58 Å². The number of anilines is 2. The first-order chi connectivity index (χ1) is 9.65. The van der Waals surface area contributed by atoms with Gasteiger partial charge in [0.1, 0.15) is 12.1 Å². The molecule has 106 valence electrons. The van der Waals surface area contributed by atoms with Crippen LogP contribution >= 0.6 is 0 Å². The van der Waals surface area contributed by atoms with Gasteiger partial charge in [-0.05, 0) is 25.0 Å². The number of nitrogen functional groups attached to an aromatic ring is 1. The Labute approximate surface area is 116 Å². The minimum Gasteiger partial charge on any atom is -0.423 e. The van der Waals surface area contributed by atoms with Gasteiger partial charge >= 0.3 is 0 Å². The molecule has 2 aromatic rings. The van der Waals surface area contributed by atoms with E-state index in [2.05, 4.69) is 4.98 Å². The maximum Gasteiger partial charge on any atom is 0.299 e. The Morgan fingerprint density at radius 1 is 1.40 bits per heavy atom. The van der Waals surface area contributed by atoms with Crippen LogP contribution in [-0.4, -0.2) is 23.5 Å². The third-order valence-corrected chi connectivity index (χ3v) is 3.78. The third kappa shape index (κ3) is 2.29. The largest absolute Gasteiger partial charge is 0.423 e. The number of hydrogen-bond acceptors (Lipinski definition) is 5. The van der Waals surface area contributed by atoms with Crippen molar-refractivity contribution in [2.75, 3.05) is 17.2 Å². The molecule has 1 amide bonds. The molecule has 0 spiro atoms. The Balaban J connectivity index is 1.99. The lowest BCUT2D eigenvalue weighted by Crippen LogP contribution is -2.40. The van der Waals surface area contributed by atoms with E-state index in [-0.39, 0.29) is 18.5 Å². The van der Waals surface area contributed by atoms with E-state index in [4.69, 9.17) is 15.9 Å². The van der Waals surface area contributed by atoms with Crippen LogP contribution in [0.25, 0.3) is 11.1 Å². The summed E-state index contributed by atoms with van der Waals surface area (Å²) in [5, 5.41) is 0. The SMILES string of the molecule is NC(=O)CN(c1nc2c(N)cccc2o1)C1CCCC1. The van der Waals surface area contributed by atoms with Crippen molar-refractivity contribution in [3.05, 3.63) is 18.2 Å². The molecule has 0 saturated heterocycles. The number of carbonyl (C=O) groups excluding carboxylic acids is 1. The van der Waals surface area contributed by atoms with Gasteiger partial charge in [-0.3, -0.25) is 4.79 Å². The van der Waals surface area contributed by atoms with Crippen LogP contribution < -0.4 is 16.4 Å². The quantitative estimate of drug-likeness (QED) is 0.826. The molecule has 6 nitrogen and oxygen atoms in total. The topological polar surface area (TPSA) is 98.4 Å². The summed E-state index contributed by atoms with van der Waals surface area (Å²) in [4.78, 5) is 17.6. The maximum atomic E-state index is 11.3. The summed E-state index contributed by atoms with van der Waals surface area (Å²) < 4.78 is 5.75. The molecule has 20 heavy (non-hydrogen) atoms. The zero-order chi connectivity index (χ0) is 14.1. The Hall–Kier alpha value is -2.24. The summed E-state index contributed by atoms with van der Waals surface area (Å²) in [5.74, 6) is -0.382. The van der Waals surface area contributed by atoms with Crippen molar-refractivity contribution in [3.8, 4) is 0 Å². The van der Waals surface area contributed by atoms with Crippen LogP contribution in [0.15, 0.2) is 22.6 Å². The van der Waals surface area contributed by atoms with E-state index >= 15 is 0 Å². The van der Waals surface area contributed by atoms with Crippen LogP contribution in [-0.2, 0) is 4.79 Å². The van der Waals surface area contributed by atoms with Crippen LogP contribution in [0.1, 0.15) is 25.7 Å². The number of oxazole rings is 1. The number of rotatable bonds is 4. The molecule has 1 fully saturated rings. The molecule has 1 aromatic carbocycles. The van der Waals surface area contributed by atoms with Gasteiger partial charge in [-0.2, -0.15) is 4.98 Å². The first-order valence-electron chi connectivity index (χ1n) is 6.85. The summed E-state index contributed by atoms with van der Waals surface area (Å²) in [6.45, 7) is 0.122. The minimum atomic E-state index is -0.382. The van der Waals surface area contributed by atoms with Crippen LogP contribution in [0, 0.1) is 0 Å². The standard InChI is InChI=1S/C14H18N4O2/c15-10-6-3-7-11-13(10)17-14(20-11)18(8-12(16)19)9-4-1-2-5-9/h3,6-7,9H,1-2,4-5,8,15H2,(H2,16,19). The monoisotopic (exact) mass is 274 g/mol. The number of primary amides is 1. The highest BCUT2D eigenvalue weighted by Crippen LogP contribution is 2.31. The van der Waals surface area contributed by atoms with Gasteiger partial charge in [-0.25, -0.2) is 0 Å². The first-order valence-corrected chi connectivity index (χ1v) is 6.85. The smallest absolute Gasteiger partial charge is 0.299 e. The molecule has 0 radical (unpaired) electrons. The van der Waals surface area contributed by atoms with Crippen molar-refractivity contribution in [3.63, 3.8) is 0 Å². The zero-order valence-corrected chi connectivity index (χ0v) is 11.2. The summed E-state index contributed by atoms with van der Waals surface area (Å²) in [7, 11) is 0. The number of nitrogens with two attached hydrogens (primary N) is 2. The molecule has 0 aliphatic heterocycles. The number of hydrogen-bond donors (Lipinski definition) is 2. The summed E-state index contributed by atoms with van der Waals surface area (Å²) in [6, 6.07) is 6.11. The minimum absolute atomic E-state index is 0.122. The molecule has 4 N–H and O–H groups in total. The van der Waals surface area contributed by atoms with Gasteiger partial charge in [0, 0.05) is 6.04 Å². The van der Waals surface area contributed by atoms with Gasteiger partial charge in [-0.15, -0.1) is 0 Å². The molecular weight excluding hydrogens is 256 g/mol. The van der Waals surface area contributed by atoms with Gasteiger partial charge < -0.3 is 20.8 Å². The Morgan fingerprint density at radius 2 is 2.15 bits per heavy atom. The Morgan fingerprint density at radius 3 is 2.80 bits per heavy atom. The van der Waals surface area contributed by atoms with Gasteiger partial charge in [0.2, 0.25) is 5.91 Å². The van der Waals surface area contributed by atoms with E-state index < -0.39 is 0 Å².